The van der Waals surface area contributed by atoms with Crippen LogP contribution in [0.4, 0.5) is 0 Å². The highest BCUT2D eigenvalue weighted by atomic mass is 16.5. The van der Waals surface area contributed by atoms with Gasteiger partial charge in [0.25, 0.3) is 0 Å². The first-order valence-electron chi connectivity index (χ1n) is 6.85. The summed E-state index contributed by atoms with van der Waals surface area (Å²) in [6.07, 6.45) is 7.00. The summed E-state index contributed by atoms with van der Waals surface area (Å²) in [4.78, 5) is 2.46. The van der Waals surface area contributed by atoms with Crippen LogP contribution in [0, 0.1) is 5.92 Å². The molecule has 1 N–H and O–H groups in total. The second-order valence-corrected chi connectivity index (χ2v) is 5.38. The van der Waals surface area contributed by atoms with Gasteiger partial charge in [0.2, 0.25) is 0 Å². The fourth-order valence-corrected chi connectivity index (χ4v) is 2.38. The van der Waals surface area contributed by atoms with Crippen LogP contribution in [0.5, 0.6) is 0 Å². The van der Waals surface area contributed by atoms with Crippen molar-refractivity contribution in [1.29, 1.82) is 0 Å². The van der Waals surface area contributed by atoms with Gasteiger partial charge in [0, 0.05) is 19.7 Å². The lowest BCUT2D eigenvalue weighted by molar-refractivity contribution is 0.0285. The molecule has 0 atom stereocenters. The molecule has 2 aliphatic rings. The highest BCUT2D eigenvalue weighted by Crippen LogP contribution is 2.29. The van der Waals surface area contributed by atoms with E-state index in [0.29, 0.717) is 6.10 Å². The smallest absolute Gasteiger partial charge is 0.0599 e. The highest BCUT2D eigenvalue weighted by Gasteiger charge is 2.22. The van der Waals surface area contributed by atoms with Crippen molar-refractivity contribution in [2.75, 3.05) is 39.8 Å². The normalized spacial score (nSPS) is 22.9. The molecular weight excluding hydrogens is 200 g/mol. The third-order valence-corrected chi connectivity index (χ3v) is 3.59. The van der Waals surface area contributed by atoms with Crippen molar-refractivity contribution in [2.45, 2.75) is 38.2 Å². The van der Waals surface area contributed by atoms with Gasteiger partial charge in [0.15, 0.2) is 0 Å². The maximum atomic E-state index is 5.89. The Morgan fingerprint density at radius 1 is 1.19 bits per heavy atom. The molecule has 2 fully saturated rings. The minimum absolute atomic E-state index is 0.523. The third-order valence-electron chi connectivity index (χ3n) is 3.59. The lowest BCUT2D eigenvalue weighted by Gasteiger charge is -2.23. The number of nitrogens with zero attached hydrogens (tertiary/aromatic N) is 1. The van der Waals surface area contributed by atoms with Crippen LogP contribution in [0.2, 0.25) is 0 Å². The van der Waals surface area contributed by atoms with Gasteiger partial charge < -0.3 is 15.0 Å². The first-order chi connectivity index (χ1) is 7.84. The number of piperidine rings is 1. The monoisotopic (exact) mass is 226 g/mol. The van der Waals surface area contributed by atoms with Gasteiger partial charge >= 0.3 is 0 Å². The van der Waals surface area contributed by atoms with E-state index >= 15 is 0 Å². The molecule has 0 amide bonds. The zero-order valence-corrected chi connectivity index (χ0v) is 10.6. The van der Waals surface area contributed by atoms with Crippen LogP contribution in [0.25, 0.3) is 0 Å². The molecule has 1 aliphatic carbocycles. The van der Waals surface area contributed by atoms with Crippen molar-refractivity contribution < 1.29 is 4.74 Å². The maximum absolute atomic E-state index is 5.89. The molecule has 1 saturated carbocycles. The summed E-state index contributed by atoms with van der Waals surface area (Å²) in [5, 5.41) is 3.36. The summed E-state index contributed by atoms with van der Waals surface area (Å²) in [6, 6.07) is 0. The quantitative estimate of drug-likeness (QED) is 0.666. The molecule has 3 nitrogen and oxygen atoms in total. The van der Waals surface area contributed by atoms with Crippen LogP contribution >= 0.6 is 0 Å². The van der Waals surface area contributed by atoms with Gasteiger partial charge in [-0.05, 0) is 58.2 Å². The van der Waals surface area contributed by atoms with E-state index in [2.05, 4.69) is 17.3 Å². The van der Waals surface area contributed by atoms with Crippen LogP contribution in [-0.4, -0.2) is 50.8 Å². The number of ether oxygens (including phenoxy) is 1. The van der Waals surface area contributed by atoms with Crippen molar-refractivity contribution in [3.63, 3.8) is 0 Å². The molecule has 3 heteroatoms. The second kappa shape index (κ2) is 6.58. The molecule has 16 heavy (non-hydrogen) atoms. The first-order valence-corrected chi connectivity index (χ1v) is 6.85. The summed E-state index contributed by atoms with van der Waals surface area (Å²) >= 11 is 0. The van der Waals surface area contributed by atoms with Gasteiger partial charge in [0.05, 0.1) is 6.10 Å². The van der Waals surface area contributed by atoms with E-state index in [1.54, 1.807) is 0 Å². The molecule has 1 saturated heterocycles. The number of hydrogen-bond donors (Lipinski definition) is 1. The number of hydrogen-bond acceptors (Lipinski definition) is 3. The molecule has 0 unspecified atom stereocenters. The zero-order chi connectivity index (χ0) is 11.2. The van der Waals surface area contributed by atoms with Gasteiger partial charge in [-0.15, -0.1) is 0 Å². The predicted octanol–water partition coefficient (Wildman–Crippen LogP) is 1.49. The molecule has 94 valence electrons. The molecule has 0 bridgehead atoms. The van der Waals surface area contributed by atoms with E-state index in [1.807, 2.05) is 0 Å². The van der Waals surface area contributed by atoms with Gasteiger partial charge in [-0.3, -0.25) is 0 Å². The Morgan fingerprint density at radius 2 is 1.94 bits per heavy atom. The topological polar surface area (TPSA) is 24.5 Å². The van der Waals surface area contributed by atoms with Gasteiger partial charge in [0.1, 0.15) is 0 Å². The Hall–Kier alpha value is -0.120. The van der Waals surface area contributed by atoms with E-state index in [1.165, 1.54) is 45.2 Å². The predicted molar refractivity (Wildman–Crippen MR) is 66.7 cm³/mol. The van der Waals surface area contributed by atoms with E-state index in [4.69, 9.17) is 4.74 Å². The largest absolute Gasteiger partial charge is 0.378 e. The Kier molecular flexibility index (Phi) is 5.07. The van der Waals surface area contributed by atoms with Crippen LogP contribution < -0.4 is 5.32 Å². The minimum atomic E-state index is 0.523. The summed E-state index contributed by atoms with van der Waals surface area (Å²) < 4.78 is 5.89. The zero-order valence-electron chi connectivity index (χ0n) is 10.6. The van der Waals surface area contributed by atoms with E-state index in [9.17, 15) is 0 Å². The number of nitrogens with one attached hydrogen (secondary N) is 1. The Morgan fingerprint density at radius 3 is 2.62 bits per heavy atom. The molecule has 0 aromatic rings. The molecule has 1 heterocycles. The van der Waals surface area contributed by atoms with Crippen LogP contribution in [0.15, 0.2) is 0 Å². The van der Waals surface area contributed by atoms with Crippen molar-refractivity contribution in [3.05, 3.63) is 0 Å². The Balaban J connectivity index is 1.44. The number of rotatable bonds is 7. The summed E-state index contributed by atoms with van der Waals surface area (Å²) in [5.41, 5.74) is 0. The Bertz CT molecular complexity index is 188. The first kappa shape index (κ1) is 12.3. The molecule has 0 aromatic heterocycles. The summed E-state index contributed by atoms with van der Waals surface area (Å²) in [5.74, 6) is 1.01. The van der Waals surface area contributed by atoms with Crippen molar-refractivity contribution >= 4 is 0 Å². The Labute approximate surface area is 99.5 Å². The van der Waals surface area contributed by atoms with Gasteiger partial charge in [-0.2, -0.15) is 0 Å². The maximum Gasteiger partial charge on any atom is 0.0599 e. The average Bonchev–Trinajstić information content (AvgIpc) is 3.10. The fraction of sp³-hybridized carbons (Fsp3) is 1.00. The van der Waals surface area contributed by atoms with Crippen molar-refractivity contribution in [3.8, 4) is 0 Å². The molecule has 1 aliphatic heterocycles. The van der Waals surface area contributed by atoms with E-state index < -0.39 is 0 Å². The van der Waals surface area contributed by atoms with Crippen LogP contribution in [-0.2, 0) is 4.74 Å². The molecule has 2 rings (SSSR count). The van der Waals surface area contributed by atoms with Gasteiger partial charge in [-0.1, -0.05) is 0 Å². The standard InChI is InChI=1S/C13H26N2O/c1-15(11-12-3-4-12)9-2-10-16-13-5-7-14-8-6-13/h12-14H,2-11H2,1H3. The van der Waals surface area contributed by atoms with E-state index in [-0.39, 0.29) is 0 Å². The van der Waals surface area contributed by atoms with Crippen LogP contribution in [0.1, 0.15) is 32.1 Å². The lowest BCUT2D eigenvalue weighted by Crippen LogP contribution is -2.33. The highest BCUT2D eigenvalue weighted by molar-refractivity contribution is 4.76. The molecule has 0 radical (unpaired) electrons. The SMILES string of the molecule is CN(CCCOC1CCNCC1)CC1CC1. The summed E-state index contributed by atoms with van der Waals surface area (Å²) in [7, 11) is 2.24. The average molecular weight is 226 g/mol. The third kappa shape index (κ3) is 4.81. The molecule has 0 aromatic carbocycles. The van der Waals surface area contributed by atoms with Gasteiger partial charge in [-0.25, -0.2) is 0 Å². The van der Waals surface area contributed by atoms with E-state index in [0.717, 1.165) is 25.6 Å². The van der Waals surface area contributed by atoms with Crippen molar-refractivity contribution in [2.24, 2.45) is 5.92 Å². The van der Waals surface area contributed by atoms with Crippen LogP contribution in [0.3, 0.4) is 0 Å². The second-order valence-electron chi connectivity index (χ2n) is 5.38. The lowest BCUT2D eigenvalue weighted by atomic mass is 10.1. The van der Waals surface area contributed by atoms with Crippen molar-refractivity contribution in [1.82, 2.24) is 10.2 Å². The fourth-order valence-electron chi connectivity index (χ4n) is 2.38. The molecule has 0 spiro atoms. The summed E-state index contributed by atoms with van der Waals surface area (Å²) in [6.45, 7) is 5.70. The minimum Gasteiger partial charge on any atom is -0.378 e. The molecular formula is C13H26N2O.